The normalized spacial score (nSPS) is 15.0. The predicted octanol–water partition coefficient (Wildman–Crippen LogP) is 2.63. The molecule has 0 spiro atoms. The van der Waals surface area contributed by atoms with E-state index in [-0.39, 0.29) is 0 Å². The number of aryl methyl sites for hydroxylation is 3. The van der Waals surface area contributed by atoms with E-state index in [0.29, 0.717) is 11.3 Å². The van der Waals surface area contributed by atoms with Crippen molar-refractivity contribution < 1.29 is 5.11 Å². The smallest absolute Gasteiger partial charge is 0.171 e. The zero-order chi connectivity index (χ0) is 15.1. The largest absolute Gasteiger partial charge is 0.368 e. The van der Waals surface area contributed by atoms with Crippen molar-refractivity contribution in [2.24, 2.45) is 0 Å². The van der Waals surface area contributed by atoms with Crippen LogP contribution in [0.4, 0.5) is 5.69 Å². The average molecular weight is 294 g/mol. The fourth-order valence-electron chi connectivity index (χ4n) is 3.14. The van der Waals surface area contributed by atoms with Crippen LogP contribution in [0.25, 0.3) is 5.65 Å². The first kappa shape index (κ1) is 13.3. The van der Waals surface area contributed by atoms with Gasteiger partial charge in [-0.2, -0.15) is 0 Å². The Labute approximate surface area is 128 Å². The van der Waals surface area contributed by atoms with Gasteiger partial charge >= 0.3 is 0 Å². The SMILES string of the molecule is Cc1cn2ccnc(C(O)Nc3ccc4c(c3)CCC4)c2n1. The van der Waals surface area contributed by atoms with Gasteiger partial charge in [0.25, 0.3) is 0 Å². The number of aliphatic hydroxyl groups is 1. The Hall–Kier alpha value is -2.40. The van der Waals surface area contributed by atoms with Gasteiger partial charge in [0.05, 0.1) is 5.69 Å². The molecule has 0 saturated heterocycles. The predicted molar refractivity (Wildman–Crippen MR) is 84.8 cm³/mol. The molecule has 0 fully saturated rings. The minimum absolute atomic E-state index is 0.538. The first-order valence-electron chi connectivity index (χ1n) is 7.57. The molecule has 0 aliphatic heterocycles. The van der Waals surface area contributed by atoms with Gasteiger partial charge in [0.1, 0.15) is 5.69 Å². The van der Waals surface area contributed by atoms with Gasteiger partial charge in [-0.15, -0.1) is 0 Å². The van der Waals surface area contributed by atoms with Crippen molar-refractivity contribution in [2.45, 2.75) is 32.4 Å². The van der Waals surface area contributed by atoms with Crippen LogP contribution in [0, 0.1) is 6.92 Å². The van der Waals surface area contributed by atoms with Gasteiger partial charge in [-0.25, -0.2) is 4.98 Å². The van der Waals surface area contributed by atoms with E-state index in [9.17, 15) is 5.11 Å². The summed E-state index contributed by atoms with van der Waals surface area (Å²) in [7, 11) is 0. The molecule has 112 valence electrons. The molecule has 4 rings (SSSR count). The zero-order valence-electron chi connectivity index (χ0n) is 12.5. The first-order chi connectivity index (χ1) is 10.7. The number of rotatable bonds is 3. The van der Waals surface area contributed by atoms with E-state index in [4.69, 9.17) is 0 Å². The molecular weight excluding hydrogens is 276 g/mol. The fraction of sp³-hybridized carbons (Fsp3) is 0.294. The van der Waals surface area contributed by atoms with Crippen molar-refractivity contribution in [1.29, 1.82) is 0 Å². The molecule has 1 aliphatic carbocycles. The fourth-order valence-corrected chi connectivity index (χ4v) is 3.14. The number of nitrogens with one attached hydrogen (secondary N) is 1. The Morgan fingerprint density at radius 2 is 2.14 bits per heavy atom. The minimum atomic E-state index is -0.884. The monoisotopic (exact) mass is 294 g/mol. The molecule has 5 nitrogen and oxygen atoms in total. The first-order valence-corrected chi connectivity index (χ1v) is 7.57. The third-order valence-electron chi connectivity index (χ3n) is 4.18. The lowest BCUT2D eigenvalue weighted by molar-refractivity contribution is 0.204. The van der Waals surface area contributed by atoms with E-state index < -0.39 is 6.23 Å². The van der Waals surface area contributed by atoms with E-state index in [2.05, 4.69) is 27.4 Å². The van der Waals surface area contributed by atoms with E-state index in [1.165, 1.54) is 17.5 Å². The van der Waals surface area contributed by atoms with Crippen molar-refractivity contribution in [3.8, 4) is 0 Å². The number of nitrogens with zero attached hydrogens (tertiary/aromatic N) is 3. The number of hydrogen-bond donors (Lipinski definition) is 2. The highest BCUT2D eigenvalue weighted by atomic mass is 16.3. The summed E-state index contributed by atoms with van der Waals surface area (Å²) in [5, 5.41) is 13.6. The highest BCUT2D eigenvalue weighted by Crippen LogP contribution is 2.27. The molecule has 3 aromatic rings. The van der Waals surface area contributed by atoms with Crippen molar-refractivity contribution in [3.05, 3.63) is 59.3 Å². The Morgan fingerprint density at radius 1 is 1.27 bits per heavy atom. The Kier molecular flexibility index (Phi) is 3.08. The number of aromatic nitrogens is 3. The average Bonchev–Trinajstić information content (AvgIpc) is 3.10. The third-order valence-corrected chi connectivity index (χ3v) is 4.18. The van der Waals surface area contributed by atoms with Crippen LogP contribution in [0.1, 0.15) is 35.2 Å². The maximum atomic E-state index is 10.5. The number of imidazole rings is 1. The lowest BCUT2D eigenvalue weighted by Gasteiger charge is -2.15. The summed E-state index contributed by atoms with van der Waals surface area (Å²) in [5.41, 5.74) is 5.83. The second kappa shape index (κ2) is 5.10. The molecular formula is C17H18N4O. The molecule has 0 radical (unpaired) electrons. The molecule has 0 bridgehead atoms. The summed E-state index contributed by atoms with van der Waals surface area (Å²) in [6, 6.07) is 6.29. The van der Waals surface area contributed by atoms with E-state index in [1.54, 1.807) is 6.20 Å². The maximum Gasteiger partial charge on any atom is 0.171 e. The lowest BCUT2D eigenvalue weighted by Crippen LogP contribution is -2.13. The number of hydrogen-bond acceptors (Lipinski definition) is 4. The summed E-state index contributed by atoms with van der Waals surface area (Å²) >= 11 is 0. The lowest BCUT2D eigenvalue weighted by atomic mass is 10.1. The Morgan fingerprint density at radius 3 is 3.05 bits per heavy atom. The number of aliphatic hydroxyl groups excluding tert-OH is 1. The Bertz CT molecular complexity index is 840. The molecule has 1 aliphatic rings. The number of anilines is 1. The molecule has 2 heterocycles. The van der Waals surface area contributed by atoms with Crippen molar-refractivity contribution in [1.82, 2.24) is 14.4 Å². The maximum absolute atomic E-state index is 10.5. The highest BCUT2D eigenvalue weighted by molar-refractivity contribution is 5.53. The minimum Gasteiger partial charge on any atom is -0.368 e. The quantitative estimate of drug-likeness (QED) is 0.729. The summed E-state index contributed by atoms with van der Waals surface area (Å²) in [4.78, 5) is 8.73. The topological polar surface area (TPSA) is 62.5 Å². The van der Waals surface area contributed by atoms with Crippen LogP contribution in [0.15, 0.2) is 36.8 Å². The molecule has 22 heavy (non-hydrogen) atoms. The molecule has 5 heteroatoms. The van der Waals surface area contributed by atoms with Crippen LogP contribution in [-0.4, -0.2) is 19.5 Å². The number of benzene rings is 1. The highest BCUT2D eigenvalue weighted by Gasteiger charge is 2.16. The summed E-state index contributed by atoms with van der Waals surface area (Å²) in [6.45, 7) is 1.93. The van der Waals surface area contributed by atoms with Crippen molar-refractivity contribution in [3.63, 3.8) is 0 Å². The van der Waals surface area contributed by atoms with Crippen LogP contribution in [0.3, 0.4) is 0 Å². The molecule has 2 N–H and O–H groups in total. The summed E-state index contributed by atoms with van der Waals surface area (Å²) < 4.78 is 1.88. The van der Waals surface area contributed by atoms with Gasteiger partial charge in [-0.05, 0) is 49.4 Å². The molecule has 0 saturated carbocycles. The molecule has 1 aromatic carbocycles. The number of fused-ring (bicyclic) bond motifs is 2. The standard InChI is InChI=1S/C17H18N4O/c1-11-10-21-8-7-18-15(16(21)19-11)17(22)20-14-6-5-12-3-2-4-13(12)9-14/h5-10,17,20,22H,2-4H2,1H3. The molecule has 0 amide bonds. The van der Waals surface area contributed by atoms with Crippen LogP contribution in [0.2, 0.25) is 0 Å². The van der Waals surface area contributed by atoms with E-state index in [0.717, 1.165) is 24.2 Å². The molecule has 1 unspecified atom stereocenters. The summed E-state index contributed by atoms with van der Waals surface area (Å²) in [5.74, 6) is 0. The second-order valence-corrected chi connectivity index (χ2v) is 5.81. The Balaban J connectivity index is 1.64. The zero-order valence-corrected chi connectivity index (χ0v) is 12.5. The van der Waals surface area contributed by atoms with Crippen LogP contribution >= 0.6 is 0 Å². The van der Waals surface area contributed by atoms with E-state index in [1.807, 2.05) is 29.8 Å². The van der Waals surface area contributed by atoms with Crippen LogP contribution < -0.4 is 5.32 Å². The van der Waals surface area contributed by atoms with Gasteiger partial charge in [0.15, 0.2) is 11.9 Å². The van der Waals surface area contributed by atoms with Gasteiger partial charge in [-0.1, -0.05) is 6.07 Å². The van der Waals surface area contributed by atoms with Crippen LogP contribution in [0.5, 0.6) is 0 Å². The molecule has 2 aromatic heterocycles. The summed E-state index contributed by atoms with van der Waals surface area (Å²) in [6.07, 6.45) is 8.04. The van der Waals surface area contributed by atoms with E-state index >= 15 is 0 Å². The van der Waals surface area contributed by atoms with Crippen molar-refractivity contribution >= 4 is 11.3 Å². The van der Waals surface area contributed by atoms with Gasteiger partial charge in [0, 0.05) is 24.3 Å². The van der Waals surface area contributed by atoms with Crippen LogP contribution in [-0.2, 0) is 12.8 Å². The third kappa shape index (κ3) is 2.23. The molecule has 1 atom stereocenters. The van der Waals surface area contributed by atoms with Gasteiger partial charge in [0.2, 0.25) is 0 Å². The van der Waals surface area contributed by atoms with Gasteiger partial charge < -0.3 is 14.8 Å². The second-order valence-electron chi connectivity index (χ2n) is 5.81. The van der Waals surface area contributed by atoms with Gasteiger partial charge in [-0.3, -0.25) is 4.98 Å². The van der Waals surface area contributed by atoms with Crippen molar-refractivity contribution in [2.75, 3.05) is 5.32 Å².